The van der Waals surface area contributed by atoms with E-state index >= 15 is 0 Å². The average Bonchev–Trinajstić information content (AvgIpc) is 3.05. The highest BCUT2D eigenvalue weighted by Gasteiger charge is 2.21. The maximum absolute atomic E-state index is 12.5. The van der Waals surface area contributed by atoms with E-state index in [9.17, 15) is 4.79 Å². The van der Waals surface area contributed by atoms with Crippen molar-refractivity contribution in [1.82, 2.24) is 4.98 Å². The fraction of sp³-hybridized carbons (Fsp3) is 0.111. The number of amides is 1. The Bertz CT molecular complexity index is 836. The number of nitrogens with zero attached hydrogens (tertiary/aromatic N) is 1. The molecule has 0 saturated heterocycles. The van der Waals surface area contributed by atoms with Crippen molar-refractivity contribution in [3.63, 3.8) is 0 Å². The first-order valence-corrected chi connectivity index (χ1v) is 8.94. The van der Waals surface area contributed by atoms with Gasteiger partial charge in [-0.2, -0.15) is 0 Å². The zero-order chi connectivity index (χ0) is 16.9. The minimum atomic E-state index is -0.663. The van der Waals surface area contributed by atoms with Crippen LogP contribution in [0.3, 0.4) is 0 Å². The number of nitrogens with one attached hydrogen (secondary N) is 1. The molecule has 24 heavy (non-hydrogen) atoms. The van der Waals surface area contributed by atoms with Gasteiger partial charge in [-0.15, -0.1) is 11.3 Å². The van der Waals surface area contributed by atoms with Gasteiger partial charge in [-0.25, -0.2) is 4.98 Å². The third-order valence-corrected chi connectivity index (χ3v) is 4.68. The van der Waals surface area contributed by atoms with Gasteiger partial charge in [0.2, 0.25) is 0 Å². The van der Waals surface area contributed by atoms with Crippen molar-refractivity contribution in [2.45, 2.75) is 6.10 Å². The van der Waals surface area contributed by atoms with Gasteiger partial charge in [-0.1, -0.05) is 58.4 Å². The van der Waals surface area contributed by atoms with Crippen LogP contribution >= 0.6 is 27.3 Å². The van der Waals surface area contributed by atoms with Crippen molar-refractivity contribution in [3.8, 4) is 11.3 Å². The Kier molecular flexibility index (Phi) is 5.40. The Balaban J connectivity index is 1.75. The smallest absolute Gasteiger partial charge is 0.259 e. The van der Waals surface area contributed by atoms with Gasteiger partial charge in [0.15, 0.2) is 11.2 Å². The highest BCUT2D eigenvalue weighted by Crippen LogP contribution is 2.28. The number of ether oxygens (including phenoxy) is 1. The topological polar surface area (TPSA) is 51.2 Å². The number of thiazole rings is 1. The van der Waals surface area contributed by atoms with Gasteiger partial charge in [0.05, 0.1) is 5.69 Å². The van der Waals surface area contributed by atoms with Crippen LogP contribution < -0.4 is 5.32 Å². The van der Waals surface area contributed by atoms with Crippen LogP contribution in [0.15, 0.2) is 64.5 Å². The summed E-state index contributed by atoms with van der Waals surface area (Å²) < 4.78 is 6.32. The molecule has 1 aromatic heterocycles. The standard InChI is InChI=1S/C18H15BrN2O2S/c1-23-16(12-6-3-2-4-7-12)17(22)21-18-20-15(11-24-18)13-8-5-9-14(19)10-13/h2-11,16H,1H3,(H,20,21,22). The molecule has 0 aliphatic rings. The van der Waals surface area contributed by atoms with Gasteiger partial charge in [0.1, 0.15) is 0 Å². The summed E-state index contributed by atoms with van der Waals surface area (Å²) in [7, 11) is 1.52. The van der Waals surface area contributed by atoms with Crippen LogP contribution in [0.5, 0.6) is 0 Å². The number of halogens is 1. The van der Waals surface area contributed by atoms with Crippen LogP contribution in [0.1, 0.15) is 11.7 Å². The van der Waals surface area contributed by atoms with E-state index < -0.39 is 6.10 Å². The molecule has 0 radical (unpaired) electrons. The van der Waals surface area contributed by atoms with Crippen LogP contribution in [0.25, 0.3) is 11.3 Å². The molecule has 1 heterocycles. The van der Waals surface area contributed by atoms with Crippen LogP contribution in [-0.2, 0) is 9.53 Å². The quantitative estimate of drug-likeness (QED) is 0.660. The Hall–Kier alpha value is -2.02. The summed E-state index contributed by atoms with van der Waals surface area (Å²) in [6.07, 6.45) is -0.663. The third-order valence-electron chi connectivity index (χ3n) is 3.43. The second-order valence-electron chi connectivity index (χ2n) is 5.06. The van der Waals surface area contributed by atoms with E-state index in [0.29, 0.717) is 5.13 Å². The monoisotopic (exact) mass is 402 g/mol. The molecule has 0 aliphatic heterocycles. The molecule has 6 heteroatoms. The van der Waals surface area contributed by atoms with Crippen molar-refractivity contribution in [2.75, 3.05) is 12.4 Å². The largest absolute Gasteiger partial charge is 0.367 e. The molecule has 2 aromatic carbocycles. The Labute approximate surface area is 152 Å². The zero-order valence-corrected chi connectivity index (χ0v) is 15.3. The van der Waals surface area contributed by atoms with Crippen LogP contribution in [0.4, 0.5) is 5.13 Å². The van der Waals surface area contributed by atoms with E-state index in [1.165, 1.54) is 18.4 Å². The molecule has 0 bridgehead atoms. The molecule has 0 aliphatic carbocycles. The molecule has 0 saturated carbocycles. The number of carbonyl (C=O) groups excluding carboxylic acids is 1. The summed E-state index contributed by atoms with van der Waals surface area (Å²) in [4.78, 5) is 16.9. The third kappa shape index (κ3) is 3.90. The van der Waals surface area contributed by atoms with Crippen molar-refractivity contribution in [1.29, 1.82) is 0 Å². The highest BCUT2D eigenvalue weighted by molar-refractivity contribution is 9.10. The SMILES string of the molecule is COC(C(=O)Nc1nc(-c2cccc(Br)c2)cs1)c1ccccc1. The van der Waals surface area contributed by atoms with E-state index in [1.807, 2.05) is 60.0 Å². The number of hydrogen-bond donors (Lipinski definition) is 1. The zero-order valence-electron chi connectivity index (χ0n) is 12.9. The predicted molar refractivity (Wildman–Crippen MR) is 100 cm³/mol. The molecular formula is C18H15BrN2O2S. The lowest BCUT2D eigenvalue weighted by atomic mass is 10.1. The summed E-state index contributed by atoms with van der Waals surface area (Å²) in [5.41, 5.74) is 2.62. The highest BCUT2D eigenvalue weighted by atomic mass is 79.9. The Morgan fingerprint density at radius 1 is 1.21 bits per heavy atom. The first-order chi connectivity index (χ1) is 11.7. The van der Waals surface area contributed by atoms with E-state index in [4.69, 9.17) is 4.74 Å². The second kappa shape index (κ2) is 7.70. The van der Waals surface area contributed by atoms with Crippen LogP contribution in [-0.4, -0.2) is 18.0 Å². The van der Waals surface area contributed by atoms with Gasteiger partial charge in [0.25, 0.3) is 5.91 Å². The molecule has 3 rings (SSSR count). The maximum Gasteiger partial charge on any atom is 0.259 e. The van der Waals surface area contributed by atoms with Crippen LogP contribution in [0.2, 0.25) is 0 Å². The summed E-state index contributed by atoms with van der Waals surface area (Å²) in [5.74, 6) is -0.237. The Morgan fingerprint density at radius 3 is 2.71 bits per heavy atom. The molecule has 1 atom stereocenters. The van der Waals surface area contributed by atoms with E-state index in [2.05, 4.69) is 26.2 Å². The van der Waals surface area contributed by atoms with Gasteiger partial charge < -0.3 is 4.74 Å². The lowest BCUT2D eigenvalue weighted by molar-refractivity contribution is -0.126. The first kappa shape index (κ1) is 16.8. The van der Waals surface area contributed by atoms with E-state index in [0.717, 1.165) is 21.3 Å². The fourth-order valence-corrected chi connectivity index (χ4v) is 3.43. The number of anilines is 1. The first-order valence-electron chi connectivity index (χ1n) is 7.27. The van der Waals surface area contributed by atoms with Gasteiger partial charge in [0, 0.05) is 22.5 Å². The number of carbonyl (C=O) groups is 1. The summed E-state index contributed by atoms with van der Waals surface area (Å²) in [6, 6.07) is 17.3. The van der Waals surface area contributed by atoms with Crippen molar-refractivity contribution < 1.29 is 9.53 Å². The molecule has 4 nitrogen and oxygen atoms in total. The molecule has 3 aromatic rings. The maximum atomic E-state index is 12.5. The summed E-state index contributed by atoms with van der Waals surface area (Å²) in [6.45, 7) is 0. The molecular weight excluding hydrogens is 388 g/mol. The van der Waals surface area contributed by atoms with Crippen molar-refractivity contribution >= 4 is 38.3 Å². The number of benzene rings is 2. The average molecular weight is 403 g/mol. The number of aromatic nitrogens is 1. The molecule has 122 valence electrons. The van der Waals surface area contributed by atoms with Gasteiger partial charge in [-0.05, 0) is 17.7 Å². The summed E-state index contributed by atoms with van der Waals surface area (Å²) in [5, 5.41) is 5.30. The predicted octanol–water partition coefficient (Wildman–Crippen LogP) is 4.90. The molecule has 1 N–H and O–H groups in total. The second-order valence-corrected chi connectivity index (χ2v) is 6.84. The minimum Gasteiger partial charge on any atom is -0.367 e. The fourth-order valence-electron chi connectivity index (χ4n) is 2.30. The number of hydrogen-bond acceptors (Lipinski definition) is 4. The lowest BCUT2D eigenvalue weighted by Crippen LogP contribution is -2.22. The van der Waals surface area contributed by atoms with Crippen molar-refractivity contribution in [2.24, 2.45) is 0 Å². The van der Waals surface area contributed by atoms with E-state index in [-0.39, 0.29) is 5.91 Å². The van der Waals surface area contributed by atoms with Crippen molar-refractivity contribution in [3.05, 3.63) is 70.0 Å². The number of methoxy groups -OCH3 is 1. The summed E-state index contributed by atoms with van der Waals surface area (Å²) >= 11 is 4.84. The molecule has 0 fully saturated rings. The normalized spacial score (nSPS) is 11.9. The van der Waals surface area contributed by atoms with E-state index in [1.54, 1.807) is 0 Å². The van der Waals surface area contributed by atoms with Gasteiger partial charge >= 0.3 is 0 Å². The van der Waals surface area contributed by atoms with Gasteiger partial charge in [-0.3, -0.25) is 10.1 Å². The van der Waals surface area contributed by atoms with Crippen LogP contribution in [0, 0.1) is 0 Å². The Morgan fingerprint density at radius 2 is 2.00 bits per heavy atom. The molecule has 0 spiro atoms. The number of rotatable bonds is 5. The minimum absolute atomic E-state index is 0.237. The molecule has 1 unspecified atom stereocenters. The lowest BCUT2D eigenvalue weighted by Gasteiger charge is -2.14. The molecule has 1 amide bonds.